The van der Waals surface area contributed by atoms with Crippen LogP contribution in [0, 0.1) is 0 Å². The normalized spacial score (nSPS) is 14.8. The summed E-state index contributed by atoms with van der Waals surface area (Å²) in [7, 11) is 4.17. The van der Waals surface area contributed by atoms with Gasteiger partial charge in [0, 0.05) is 22.1 Å². The Balaban J connectivity index is 2.58. The van der Waals surface area contributed by atoms with E-state index in [1.54, 1.807) is 0 Å². The Bertz CT molecular complexity index is 380. The van der Waals surface area contributed by atoms with Gasteiger partial charge in [-0.1, -0.05) is 23.2 Å². The van der Waals surface area contributed by atoms with Crippen LogP contribution in [0.5, 0.6) is 0 Å². The summed E-state index contributed by atoms with van der Waals surface area (Å²) in [6.07, 6.45) is 1.11. The van der Waals surface area contributed by atoms with Crippen LogP contribution in [0.2, 0.25) is 10.0 Å². The van der Waals surface area contributed by atoms with Crippen molar-refractivity contribution in [1.29, 1.82) is 0 Å². The Labute approximate surface area is 120 Å². The largest absolute Gasteiger partial charge is 0.309 e. The number of nitrogens with zero attached hydrogens (tertiary/aromatic N) is 1. The van der Waals surface area contributed by atoms with Gasteiger partial charge in [-0.2, -0.15) is 0 Å². The van der Waals surface area contributed by atoms with Gasteiger partial charge in [0.05, 0.1) is 0 Å². The summed E-state index contributed by atoms with van der Waals surface area (Å²) in [4.78, 5) is 2.19. The standard InChI is InChI=1S/C14H22Cl2N2/c1-10(7-8-18(3)4)17-11(2)13-9-12(15)5-6-14(13)16/h5-6,9-11,17H,7-8H2,1-4H3. The van der Waals surface area contributed by atoms with Crippen molar-refractivity contribution < 1.29 is 0 Å². The van der Waals surface area contributed by atoms with Crippen LogP contribution in [0.25, 0.3) is 0 Å². The predicted octanol–water partition coefficient (Wildman–Crippen LogP) is 3.98. The van der Waals surface area contributed by atoms with Gasteiger partial charge in [-0.05, 0) is 64.7 Å². The van der Waals surface area contributed by atoms with E-state index in [-0.39, 0.29) is 6.04 Å². The third-order valence-corrected chi connectivity index (χ3v) is 3.55. The van der Waals surface area contributed by atoms with Gasteiger partial charge in [0.15, 0.2) is 0 Å². The SMILES string of the molecule is CC(CCN(C)C)NC(C)c1cc(Cl)ccc1Cl. The molecule has 1 rings (SSSR count). The fraction of sp³-hybridized carbons (Fsp3) is 0.571. The summed E-state index contributed by atoms with van der Waals surface area (Å²) < 4.78 is 0. The van der Waals surface area contributed by atoms with Gasteiger partial charge in [0.1, 0.15) is 0 Å². The molecular weight excluding hydrogens is 267 g/mol. The number of hydrogen-bond donors (Lipinski definition) is 1. The third kappa shape index (κ3) is 5.15. The number of benzene rings is 1. The molecule has 1 aromatic carbocycles. The Hall–Kier alpha value is -0.280. The second-order valence-corrected chi connectivity index (χ2v) is 5.89. The monoisotopic (exact) mass is 288 g/mol. The first kappa shape index (κ1) is 15.8. The molecule has 2 nitrogen and oxygen atoms in total. The molecule has 18 heavy (non-hydrogen) atoms. The zero-order valence-corrected chi connectivity index (χ0v) is 13.0. The van der Waals surface area contributed by atoms with Crippen LogP contribution in [-0.2, 0) is 0 Å². The van der Waals surface area contributed by atoms with E-state index < -0.39 is 0 Å². The summed E-state index contributed by atoms with van der Waals surface area (Å²) >= 11 is 12.2. The molecule has 0 fully saturated rings. The molecule has 0 aromatic heterocycles. The van der Waals surface area contributed by atoms with Crippen molar-refractivity contribution in [2.75, 3.05) is 20.6 Å². The van der Waals surface area contributed by atoms with E-state index in [4.69, 9.17) is 23.2 Å². The molecule has 102 valence electrons. The topological polar surface area (TPSA) is 15.3 Å². The summed E-state index contributed by atoms with van der Waals surface area (Å²) in [5.41, 5.74) is 1.06. The third-order valence-electron chi connectivity index (χ3n) is 2.97. The average Bonchev–Trinajstić information content (AvgIpc) is 2.29. The van der Waals surface area contributed by atoms with E-state index >= 15 is 0 Å². The minimum atomic E-state index is 0.202. The Kier molecular flexibility index (Phi) is 6.44. The van der Waals surface area contributed by atoms with E-state index in [2.05, 4.69) is 38.2 Å². The number of rotatable bonds is 6. The second kappa shape index (κ2) is 7.34. The van der Waals surface area contributed by atoms with Gasteiger partial charge in [-0.25, -0.2) is 0 Å². The van der Waals surface area contributed by atoms with E-state index in [9.17, 15) is 0 Å². The molecule has 0 aliphatic rings. The lowest BCUT2D eigenvalue weighted by Crippen LogP contribution is -2.32. The molecule has 4 heteroatoms. The Morgan fingerprint density at radius 3 is 2.50 bits per heavy atom. The quantitative estimate of drug-likeness (QED) is 0.852. The average molecular weight is 289 g/mol. The van der Waals surface area contributed by atoms with Crippen molar-refractivity contribution in [1.82, 2.24) is 10.2 Å². The highest BCUT2D eigenvalue weighted by Gasteiger charge is 2.13. The molecule has 2 atom stereocenters. The number of halogens is 2. The molecule has 2 unspecified atom stereocenters. The molecule has 0 saturated carbocycles. The van der Waals surface area contributed by atoms with Gasteiger partial charge in [0.2, 0.25) is 0 Å². The smallest absolute Gasteiger partial charge is 0.0454 e. The molecule has 0 spiro atoms. The highest BCUT2D eigenvalue weighted by molar-refractivity contribution is 6.33. The van der Waals surface area contributed by atoms with E-state index in [1.165, 1.54) is 0 Å². The summed E-state index contributed by atoms with van der Waals surface area (Å²) in [5.74, 6) is 0. The molecule has 0 radical (unpaired) electrons. The molecule has 1 aromatic rings. The van der Waals surface area contributed by atoms with Crippen molar-refractivity contribution in [2.24, 2.45) is 0 Å². The molecular formula is C14H22Cl2N2. The van der Waals surface area contributed by atoms with Gasteiger partial charge in [0.25, 0.3) is 0 Å². The van der Waals surface area contributed by atoms with E-state index in [0.29, 0.717) is 6.04 Å². The minimum absolute atomic E-state index is 0.202. The van der Waals surface area contributed by atoms with Gasteiger partial charge in [-0.3, -0.25) is 0 Å². The molecule has 0 amide bonds. The number of nitrogens with one attached hydrogen (secondary N) is 1. The van der Waals surface area contributed by atoms with Crippen LogP contribution in [-0.4, -0.2) is 31.6 Å². The predicted molar refractivity (Wildman–Crippen MR) is 80.6 cm³/mol. The molecule has 0 heterocycles. The fourth-order valence-corrected chi connectivity index (χ4v) is 2.36. The van der Waals surface area contributed by atoms with Crippen LogP contribution >= 0.6 is 23.2 Å². The van der Waals surface area contributed by atoms with Gasteiger partial charge < -0.3 is 10.2 Å². The van der Waals surface area contributed by atoms with Crippen LogP contribution in [0.1, 0.15) is 31.9 Å². The summed E-state index contributed by atoms with van der Waals surface area (Å²) in [5, 5.41) is 5.04. The first-order chi connectivity index (χ1) is 8.40. The summed E-state index contributed by atoms with van der Waals surface area (Å²) in [6, 6.07) is 6.24. The van der Waals surface area contributed by atoms with Gasteiger partial charge >= 0.3 is 0 Å². The second-order valence-electron chi connectivity index (χ2n) is 5.05. The Morgan fingerprint density at radius 1 is 1.22 bits per heavy atom. The maximum absolute atomic E-state index is 6.20. The minimum Gasteiger partial charge on any atom is -0.309 e. The maximum atomic E-state index is 6.20. The van der Waals surface area contributed by atoms with Crippen LogP contribution < -0.4 is 5.32 Å². The first-order valence-corrected chi connectivity index (χ1v) is 7.01. The van der Waals surface area contributed by atoms with Crippen molar-refractivity contribution in [2.45, 2.75) is 32.4 Å². The van der Waals surface area contributed by atoms with Crippen LogP contribution in [0.4, 0.5) is 0 Å². The van der Waals surface area contributed by atoms with Crippen molar-refractivity contribution >= 4 is 23.2 Å². The molecule has 0 aliphatic heterocycles. The lowest BCUT2D eigenvalue weighted by Gasteiger charge is -2.22. The van der Waals surface area contributed by atoms with Crippen molar-refractivity contribution in [3.8, 4) is 0 Å². The van der Waals surface area contributed by atoms with E-state index in [0.717, 1.165) is 28.6 Å². The van der Waals surface area contributed by atoms with Crippen LogP contribution in [0.3, 0.4) is 0 Å². The molecule has 0 aliphatic carbocycles. The van der Waals surface area contributed by atoms with Crippen molar-refractivity contribution in [3.63, 3.8) is 0 Å². The van der Waals surface area contributed by atoms with Crippen molar-refractivity contribution in [3.05, 3.63) is 33.8 Å². The summed E-state index contributed by atoms with van der Waals surface area (Å²) in [6.45, 7) is 5.38. The highest BCUT2D eigenvalue weighted by Crippen LogP contribution is 2.26. The molecule has 0 saturated heterocycles. The Morgan fingerprint density at radius 2 is 1.89 bits per heavy atom. The first-order valence-electron chi connectivity index (χ1n) is 6.26. The zero-order valence-electron chi connectivity index (χ0n) is 11.5. The molecule has 0 bridgehead atoms. The van der Waals surface area contributed by atoms with Crippen LogP contribution in [0.15, 0.2) is 18.2 Å². The van der Waals surface area contributed by atoms with E-state index in [1.807, 2.05) is 18.2 Å². The highest BCUT2D eigenvalue weighted by atomic mass is 35.5. The molecule has 1 N–H and O–H groups in total. The maximum Gasteiger partial charge on any atom is 0.0454 e. The zero-order chi connectivity index (χ0) is 13.7. The lowest BCUT2D eigenvalue weighted by molar-refractivity contribution is 0.354. The number of hydrogen-bond acceptors (Lipinski definition) is 2. The lowest BCUT2D eigenvalue weighted by atomic mass is 10.1. The van der Waals surface area contributed by atoms with Gasteiger partial charge in [-0.15, -0.1) is 0 Å². The fourth-order valence-electron chi connectivity index (χ4n) is 1.90.